The summed E-state index contributed by atoms with van der Waals surface area (Å²) in [7, 11) is 0. The highest BCUT2D eigenvalue weighted by molar-refractivity contribution is 5.98. The number of hydrogen-bond acceptors (Lipinski definition) is 1. The van der Waals surface area contributed by atoms with Crippen molar-refractivity contribution in [1.82, 2.24) is 0 Å². The van der Waals surface area contributed by atoms with Crippen LogP contribution in [0, 0.1) is 12.8 Å². The molecule has 146 valence electrons. The van der Waals surface area contributed by atoms with Crippen molar-refractivity contribution in [3.05, 3.63) is 64.3 Å². The average Bonchev–Trinajstić information content (AvgIpc) is 2.68. The molecule has 0 aliphatic heterocycles. The Morgan fingerprint density at radius 3 is 2.63 bits per heavy atom. The van der Waals surface area contributed by atoms with Crippen LogP contribution in [-0.4, -0.2) is 5.78 Å². The largest absolute Gasteiger partial charge is 0.294 e. The number of ketones is 1. The van der Waals surface area contributed by atoms with E-state index in [0.717, 1.165) is 12.3 Å². The molecular weight excluding hydrogens is 328 g/mol. The number of aryl methyl sites for hydroxylation is 1. The van der Waals surface area contributed by atoms with E-state index in [1.54, 1.807) is 6.08 Å². The summed E-state index contributed by atoms with van der Waals surface area (Å²) in [5.74, 6) is 1.08. The second kappa shape index (κ2) is 10.4. The Balaban J connectivity index is 0.00000126. The molecule has 0 fully saturated rings. The zero-order valence-electron chi connectivity index (χ0n) is 17.7. The second-order valence-electron chi connectivity index (χ2n) is 7.81. The highest BCUT2D eigenvalue weighted by Crippen LogP contribution is 2.31. The van der Waals surface area contributed by atoms with Crippen LogP contribution < -0.4 is 0 Å². The molecule has 27 heavy (non-hydrogen) atoms. The van der Waals surface area contributed by atoms with E-state index in [-0.39, 0.29) is 5.78 Å². The van der Waals surface area contributed by atoms with Gasteiger partial charge in [0, 0.05) is 6.42 Å². The Bertz CT molecular complexity index is 733. The lowest BCUT2D eigenvalue weighted by Gasteiger charge is -2.22. The van der Waals surface area contributed by atoms with Crippen molar-refractivity contribution in [2.75, 3.05) is 0 Å². The minimum atomic E-state index is 0.224. The molecular formula is C26H36O. The minimum absolute atomic E-state index is 0.224. The van der Waals surface area contributed by atoms with Crippen LogP contribution in [0.15, 0.2) is 42.0 Å². The van der Waals surface area contributed by atoms with E-state index in [9.17, 15) is 4.79 Å². The Labute approximate surface area is 166 Å². The van der Waals surface area contributed by atoms with Gasteiger partial charge in [0.05, 0.1) is 0 Å². The van der Waals surface area contributed by atoms with Crippen LogP contribution in [0.2, 0.25) is 0 Å². The third-order valence-corrected chi connectivity index (χ3v) is 5.84. The van der Waals surface area contributed by atoms with Crippen molar-refractivity contribution in [2.45, 2.75) is 79.1 Å². The Morgan fingerprint density at radius 2 is 1.96 bits per heavy atom. The third kappa shape index (κ3) is 5.79. The molecule has 1 heteroatoms. The molecule has 0 radical (unpaired) electrons. The predicted octanol–water partition coefficient (Wildman–Crippen LogP) is 7.18. The molecule has 1 unspecified atom stereocenters. The zero-order chi connectivity index (χ0) is 19.8. The lowest BCUT2D eigenvalue weighted by atomic mass is 9.83. The first-order valence-corrected chi connectivity index (χ1v) is 10.7. The monoisotopic (exact) mass is 364 g/mol. The summed E-state index contributed by atoms with van der Waals surface area (Å²) in [6, 6.07) is 4.31. The number of carbonyl (C=O) groups excluding carboxylic acids is 1. The number of unbranched alkanes of at least 4 members (excludes halogenated alkanes) is 1. The van der Waals surface area contributed by atoms with Gasteiger partial charge >= 0.3 is 0 Å². The van der Waals surface area contributed by atoms with Crippen molar-refractivity contribution >= 4 is 11.9 Å². The van der Waals surface area contributed by atoms with Gasteiger partial charge in [-0.2, -0.15) is 0 Å². The third-order valence-electron chi connectivity index (χ3n) is 5.84. The van der Waals surface area contributed by atoms with Gasteiger partial charge in [-0.25, -0.2) is 0 Å². The highest BCUT2D eigenvalue weighted by Gasteiger charge is 2.16. The lowest BCUT2D eigenvalue weighted by Crippen LogP contribution is -2.09. The molecule has 3 rings (SSSR count). The molecule has 1 aromatic carbocycles. The molecule has 1 aromatic rings. The Hall–Kier alpha value is -1.89. The fourth-order valence-corrected chi connectivity index (χ4v) is 4.21. The number of carbonyl (C=O) groups is 1. The van der Waals surface area contributed by atoms with Crippen molar-refractivity contribution in [2.24, 2.45) is 5.92 Å². The van der Waals surface area contributed by atoms with Gasteiger partial charge in [-0.3, -0.25) is 4.79 Å². The average molecular weight is 365 g/mol. The van der Waals surface area contributed by atoms with Gasteiger partial charge in [-0.1, -0.05) is 63.1 Å². The molecule has 1 atom stereocenters. The molecule has 0 aromatic heterocycles. The number of hydrogen-bond donors (Lipinski definition) is 0. The van der Waals surface area contributed by atoms with Crippen LogP contribution >= 0.6 is 0 Å². The van der Waals surface area contributed by atoms with Gasteiger partial charge in [-0.05, 0) is 85.8 Å². The molecule has 0 spiro atoms. The summed E-state index contributed by atoms with van der Waals surface area (Å²) in [6.45, 7) is 12.4. The fourth-order valence-electron chi connectivity index (χ4n) is 4.21. The number of allylic oxidation sites excluding steroid dienone is 4. The van der Waals surface area contributed by atoms with Crippen LogP contribution in [0.1, 0.15) is 81.5 Å². The highest BCUT2D eigenvalue weighted by atomic mass is 16.1. The minimum Gasteiger partial charge on any atom is -0.294 e. The van der Waals surface area contributed by atoms with E-state index in [4.69, 9.17) is 0 Å². The van der Waals surface area contributed by atoms with Crippen LogP contribution in [0.3, 0.4) is 0 Å². The molecule has 2 aliphatic rings. The van der Waals surface area contributed by atoms with E-state index in [0.29, 0.717) is 6.42 Å². The topological polar surface area (TPSA) is 17.1 Å². The first kappa shape index (κ1) is 21.4. The maximum Gasteiger partial charge on any atom is 0.160 e. The summed E-state index contributed by atoms with van der Waals surface area (Å²) in [6.07, 6.45) is 15.5. The standard InChI is InChI=1S/C24H30O.C2H6/c1-17(2)20-12-9-19(10-13-20)6-4-5-7-23-18(3)8-11-21-16-22(25)14-15-24(21)23;1-2/h8,11-12,14-15,19H,1,4-7,9-10,13,16H2,2-3H3;1-2H3. The molecule has 0 N–H and O–H groups in total. The molecule has 2 aliphatic carbocycles. The Kier molecular flexibility index (Phi) is 8.28. The SMILES string of the molecule is C=C(C)C1=CCC(CCCCc2c(C)ccc3c2C=CC(=O)C3)CC1.CC. The Morgan fingerprint density at radius 1 is 1.19 bits per heavy atom. The van der Waals surface area contributed by atoms with Crippen molar-refractivity contribution < 1.29 is 4.79 Å². The summed E-state index contributed by atoms with van der Waals surface area (Å²) < 4.78 is 0. The van der Waals surface area contributed by atoms with Crippen LogP contribution in [0.5, 0.6) is 0 Å². The first-order chi connectivity index (χ1) is 13.0. The summed E-state index contributed by atoms with van der Waals surface area (Å²) >= 11 is 0. The molecule has 1 nitrogen and oxygen atoms in total. The first-order valence-electron chi connectivity index (χ1n) is 10.7. The molecule has 0 heterocycles. The molecule has 0 saturated carbocycles. The van der Waals surface area contributed by atoms with Gasteiger partial charge < -0.3 is 0 Å². The van der Waals surface area contributed by atoms with Crippen molar-refractivity contribution in [1.29, 1.82) is 0 Å². The number of benzene rings is 1. The van der Waals surface area contributed by atoms with Gasteiger partial charge in [0.2, 0.25) is 0 Å². The molecule has 0 bridgehead atoms. The van der Waals surface area contributed by atoms with Crippen LogP contribution in [-0.2, 0) is 17.6 Å². The maximum absolute atomic E-state index is 11.6. The lowest BCUT2D eigenvalue weighted by molar-refractivity contribution is -0.114. The molecule has 0 saturated heterocycles. The van der Waals surface area contributed by atoms with E-state index in [2.05, 4.69) is 38.6 Å². The van der Waals surface area contributed by atoms with E-state index >= 15 is 0 Å². The van der Waals surface area contributed by atoms with Crippen LogP contribution in [0.4, 0.5) is 0 Å². The second-order valence-corrected chi connectivity index (χ2v) is 7.81. The van der Waals surface area contributed by atoms with Crippen molar-refractivity contribution in [3.63, 3.8) is 0 Å². The van der Waals surface area contributed by atoms with E-state index in [1.165, 1.54) is 71.9 Å². The van der Waals surface area contributed by atoms with E-state index in [1.807, 2.05) is 19.9 Å². The van der Waals surface area contributed by atoms with Gasteiger partial charge in [-0.15, -0.1) is 0 Å². The van der Waals surface area contributed by atoms with Gasteiger partial charge in [0.25, 0.3) is 0 Å². The number of fused-ring (bicyclic) bond motifs is 1. The quantitative estimate of drug-likeness (QED) is 0.489. The van der Waals surface area contributed by atoms with Gasteiger partial charge in [0.15, 0.2) is 5.78 Å². The summed E-state index contributed by atoms with van der Waals surface area (Å²) in [5, 5.41) is 0. The van der Waals surface area contributed by atoms with E-state index < -0.39 is 0 Å². The molecule has 0 amide bonds. The number of rotatable bonds is 6. The summed E-state index contributed by atoms with van der Waals surface area (Å²) in [4.78, 5) is 11.6. The predicted molar refractivity (Wildman–Crippen MR) is 118 cm³/mol. The summed E-state index contributed by atoms with van der Waals surface area (Å²) in [5.41, 5.74) is 8.06. The van der Waals surface area contributed by atoms with Gasteiger partial charge in [0.1, 0.15) is 0 Å². The zero-order valence-corrected chi connectivity index (χ0v) is 17.7. The normalized spacial score (nSPS) is 18.3. The maximum atomic E-state index is 11.6. The van der Waals surface area contributed by atoms with Crippen LogP contribution in [0.25, 0.3) is 6.08 Å². The smallest absolute Gasteiger partial charge is 0.160 e. The van der Waals surface area contributed by atoms with Crippen molar-refractivity contribution in [3.8, 4) is 0 Å². The fraction of sp³-hybridized carbons (Fsp3) is 0.500.